The van der Waals surface area contributed by atoms with Crippen LogP contribution in [0.4, 0.5) is 0 Å². The van der Waals surface area contributed by atoms with Gasteiger partial charge >= 0.3 is 0 Å². The van der Waals surface area contributed by atoms with Crippen LogP contribution >= 0.6 is 0 Å². The van der Waals surface area contributed by atoms with Gasteiger partial charge in [-0.1, -0.05) is 37.6 Å². The Hall–Kier alpha value is -3.06. The minimum Gasteiger partial charge on any atom is -0.493 e. The summed E-state index contributed by atoms with van der Waals surface area (Å²) in [4.78, 5) is 32.1. The van der Waals surface area contributed by atoms with Crippen LogP contribution in [0.2, 0.25) is 0 Å². The summed E-state index contributed by atoms with van der Waals surface area (Å²) in [6, 6.07) is 12.1. The number of amides is 2. The summed E-state index contributed by atoms with van der Waals surface area (Å²) < 4.78 is 11.1. The summed E-state index contributed by atoms with van der Waals surface area (Å²) in [5, 5.41) is 3.23. The molecule has 37 heavy (non-hydrogen) atoms. The van der Waals surface area contributed by atoms with Crippen LogP contribution in [-0.2, 0) is 11.2 Å². The van der Waals surface area contributed by atoms with Gasteiger partial charge in [-0.05, 0) is 67.5 Å². The third-order valence-electron chi connectivity index (χ3n) is 8.45. The molecule has 3 heterocycles. The number of hydrogen-bond acceptors (Lipinski definition) is 5. The number of methoxy groups -OCH3 is 2. The maximum atomic E-state index is 13.9. The van der Waals surface area contributed by atoms with E-state index in [1.807, 2.05) is 23.1 Å². The number of carbonyl (C=O) groups excluding carboxylic acids is 2. The molecule has 7 heteroatoms. The van der Waals surface area contributed by atoms with Crippen molar-refractivity contribution in [3.05, 3.63) is 58.7 Å². The van der Waals surface area contributed by atoms with E-state index in [-0.39, 0.29) is 17.9 Å². The lowest BCUT2D eigenvalue weighted by molar-refractivity contribution is -0.124. The first kappa shape index (κ1) is 25.6. The van der Waals surface area contributed by atoms with Crippen molar-refractivity contribution >= 4 is 11.8 Å². The monoisotopic (exact) mass is 505 g/mol. The summed E-state index contributed by atoms with van der Waals surface area (Å²) in [6.07, 6.45) is 6.73. The highest BCUT2D eigenvalue weighted by Crippen LogP contribution is 2.48. The van der Waals surface area contributed by atoms with Crippen molar-refractivity contribution in [3.63, 3.8) is 0 Å². The number of carbonyl (C=O) groups is 2. The maximum Gasteiger partial charge on any atom is 0.254 e. The number of piperidine rings is 1. The Morgan fingerprint density at radius 3 is 2.62 bits per heavy atom. The van der Waals surface area contributed by atoms with Crippen molar-refractivity contribution < 1.29 is 19.1 Å². The van der Waals surface area contributed by atoms with Crippen LogP contribution in [-0.4, -0.2) is 68.1 Å². The largest absolute Gasteiger partial charge is 0.493 e. The SMILES string of the molecule is CC[C@@H]1CCCCN1CCCNC(=O)[C@@H]1c2cc(OC)c(OC)cc2C(=O)N2CCc3ccccc3[C@H]12. The van der Waals surface area contributed by atoms with Crippen LogP contribution in [0, 0.1) is 0 Å². The van der Waals surface area contributed by atoms with E-state index in [4.69, 9.17) is 9.47 Å². The van der Waals surface area contributed by atoms with E-state index >= 15 is 0 Å². The molecule has 1 N–H and O–H groups in total. The van der Waals surface area contributed by atoms with Gasteiger partial charge in [-0.3, -0.25) is 9.59 Å². The molecule has 5 rings (SSSR count). The molecule has 1 fully saturated rings. The van der Waals surface area contributed by atoms with Gasteiger partial charge in [0.2, 0.25) is 5.91 Å². The molecule has 198 valence electrons. The van der Waals surface area contributed by atoms with Crippen LogP contribution in [0.15, 0.2) is 36.4 Å². The maximum absolute atomic E-state index is 13.9. The number of fused-ring (bicyclic) bond motifs is 4. The smallest absolute Gasteiger partial charge is 0.254 e. The summed E-state index contributed by atoms with van der Waals surface area (Å²) in [5.41, 5.74) is 3.49. The van der Waals surface area contributed by atoms with Crippen molar-refractivity contribution in [2.75, 3.05) is 40.4 Å². The molecular formula is C30H39N3O4. The van der Waals surface area contributed by atoms with Crippen LogP contribution in [0.3, 0.4) is 0 Å². The lowest BCUT2D eigenvalue weighted by Crippen LogP contribution is -2.50. The van der Waals surface area contributed by atoms with E-state index in [0.717, 1.165) is 31.5 Å². The second-order valence-corrected chi connectivity index (χ2v) is 10.4. The molecular weight excluding hydrogens is 466 g/mol. The standard InChI is InChI=1S/C30H39N3O4/c1-4-21-11-7-8-15-32(21)16-9-14-31-29(34)27-23-18-25(36-2)26(37-3)19-24(23)30(35)33-17-13-20-10-5-6-12-22(20)28(27)33/h5-6,10,12,18-19,21,27-28H,4,7-9,11,13-17H2,1-3H3,(H,31,34)/t21-,27-,28-/m1/s1. The molecule has 0 spiro atoms. The third kappa shape index (κ3) is 4.81. The van der Waals surface area contributed by atoms with E-state index in [1.165, 1.54) is 31.2 Å². The molecule has 0 aromatic heterocycles. The van der Waals surface area contributed by atoms with E-state index in [9.17, 15) is 9.59 Å². The molecule has 2 aromatic carbocycles. The minimum atomic E-state index is -0.521. The highest BCUT2D eigenvalue weighted by molar-refractivity contribution is 6.02. The van der Waals surface area contributed by atoms with Gasteiger partial charge in [0.05, 0.1) is 26.2 Å². The lowest BCUT2D eigenvalue weighted by atomic mass is 9.75. The first-order chi connectivity index (χ1) is 18.1. The van der Waals surface area contributed by atoms with Crippen molar-refractivity contribution in [3.8, 4) is 11.5 Å². The molecule has 1 saturated heterocycles. The van der Waals surface area contributed by atoms with Gasteiger partial charge in [-0.15, -0.1) is 0 Å². The minimum absolute atomic E-state index is 0.0432. The predicted molar refractivity (Wildman–Crippen MR) is 143 cm³/mol. The second kappa shape index (κ2) is 11.1. The molecule has 0 radical (unpaired) electrons. The predicted octanol–water partition coefficient (Wildman–Crippen LogP) is 4.31. The van der Waals surface area contributed by atoms with E-state index < -0.39 is 5.92 Å². The number of hydrogen-bond donors (Lipinski definition) is 1. The molecule has 0 bridgehead atoms. The molecule has 2 amide bonds. The van der Waals surface area contributed by atoms with Gasteiger partial charge in [0.1, 0.15) is 0 Å². The van der Waals surface area contributed by atoms with Crippen LogP contribution in [0.5, 0.6) is 11.5 Å². The van der Waals surface area contributed by atoms with Crippen molar-refractivity contribution in [2.24, 2.45) is 0 Å². The Balaban J connectivity index is 1.42. The Kier molecular flexibility index (Phi) is 7.70. The molecule has 3 atom stereocenters. The zero-order valence-corrected chi connectivity index (χ0v) is 22.3. The average molecular weight is 506 g/mol. The molecule has 0 saturated carbocycles. The summed E-state index contributed by atoms with van der Waals surface area (Å²) in [7, 11) is 3.14. The number of nitrogens with zero attached hydrogens (tertiary/aromatic N) is 2. The molecule has 3 aliphatic rings. The Morgan fingerprint density at radius 1 is 1.05 bits per heavy atom. The topological polar surface area (TPSA) is 71.1 Å². The van der Waals surface area contributed by atoms with Gasteiger partial charge in [-0.25, -0.2) is 0 Å². The van der Waals surface area contributed by atoms with Crippen molar-refractivity contribution in [1.29, 1.82) is 0 Å². The zero-order chi connectivity index (χ0) is 25.9. The van der Waals surface area contributed by atoms with E-state index in [1.54, 1.807) is 20.3 Å². The fourth-order valence-corrected chi connectivity index (χ4v) is 6.55. The molecule has 0 aliphatic carbocycles. The first-order valence-corrected chi connectivity index (χ1v) is 13.7. The van der Waals surface area contributed by atoms with E-state index in [0.29, 0.717) is 41.8 Å². The Morgan fingerprint density at radius 2 is 1.84 bits per heavy atom. The van der Waals surface area contributed by atoms with Crippen molar-refractivity contribution in [2.45, 2.75) is 63.5 Å². The number of likely N-dealkylation sites (tertiary alicyclic amines) is 1. The number of ether oxygens (including phenoxy) is 2. The highest BCUT2D eigenvalue weighted by atomic mass is 16.5. The molecule has 7 nitrogen and oxygen atoms in total. The molecule has 3 aliphatic heterocycles. The van der Waals surface area contributed by atoms with Gasteiger partial charge in [0.25, 0.3) is 5.91 Å². The summed E-state index contributed by atoms with van der Waals surface area (Å²) in [6.45, 7) is 5.63. The van der Waals surface area contributed by atoms with Crippen LogP contribution in [0.25, 0.3) is 0 Å². The third-order valence-corrected chi connectivity index (χ3v) is 8.45. The van der Waals surface area contributed by atoms with Crippen molar-refractivity contribution in [1.82, 2.24) is 15.1 Å². The lowest BCUT2D eigenvalue weighted by Gasteiger charge is -2.45. The van der Waals surface area contributed by atoms with Gasteiger partial charge in [0, 0.05) is 31.2 Å². The van der Waals surface area contributed by atoms with E-state index in [2.05, 4.69) is 29.3 Å². The van der Waals surface area contributed by atoms with Crippen LogP contribution in [0.1, 0.15) is 78.0 Å². The first-order valence-electron chi connectivity index (χ1n) is 13.7. The summed E-state index contributed by atoms with van der Waals surface area (Å²) >= 11 is 0. The number of nitrogens with one attached hydrogen (secondary N) is 1. The fourth-order valence-electron chi connectivity index (χ4n) is 6.55. The Bertz CT molecular complexity index is 1150. The van der Waals surface area contributed by atoms with Gasteiger partial charge in [-0.2, -0.15) is 0 Å². The average Bonchev–Trinajstić information content (AvgIpc) is 2.94. The summed E-state index contributed by atoms with van der Waals surface area (Å²) in [5.74, 6) is 0.401. The van der Waals surface area contributed by atoms with Gasteiger partial charge in [0.15, 0.2) is 11.5 Å². The fraction of sp³-hybridized carbons (Fsp3) is 0.533. The quantitative estimate of drug-likeness (QED) is 0.542. The number of benzene rings is 2. The second-order valence-electron chi connectivity index (χ2n) is 10.4. The van der Waals surface area contributed by atoms with Crippen LogP contribution < -0.4 is 14.8 Å². The number of rotatable bonds is 8. The zero-order valence-electron chi connectivity index (χ0n) is 22.3. The molecule has 2 aromatic rings. The van der Waals surface area contributed by atoms with Gasteiger partial charge < -0.3 is 24.6 Å². The normalized spacial score (nSPS) is 23.1. The Labute approximate surface area is 220 Å². The molecule has 0 unspecified atom stereocenters. The highest BCUT2D eigenvalue weighted by Gasteiger charge is 2.46.